The van der Waals surface area contributed by atoms with Gasteiger partial charge in [-0.1, -0.05) is 83.3 Å². The molecule has 2 aliphatic heterocycles. The van der Waals surface area contributed by atoms with Crippen molar-refractivity contribution in [3.8, 4) is 0 Å². The molecule has 8 aliphatic carbocycles. The lowest BCUT2D eigenvalue weighted by molar-refractivity contribution is -0.139. The number of carbonyl (C=O) groups is 4. The molecular formula is C52H72N8O6. The number of likely N-dealkylation sites (tertiary alicyclic amines) is 2. The van der Waals surface area contributed by atoms with Crippen LogP contribution in [0.3, 0.4) is 0 Å². The van der Waals surface area contributed by atoms with Crippen molar-refractivity contribution in [1.82, 2.24) is 40.4 Å². The lowest BCUT2D eigenvalue weighted by Crippen LogP contribution is -2.53. The van der Waals surface area contributed by atoms with Gasteiger partial charge in [-0.2, -0.15) is 0 Å². The molecule has 4 bridgehead atoms. The summed E-state index contributed by atoms with van der Waals surface area (Å²) in [5, 5.41) is 5.70. The SMILES string of the molecule is COC(=O)N[C@H](C(=O)N1C2CCCCC2C[C@H]1c1ncc(C2=CC3=C(c4cnc([C@@H]5CC6CCCCC6N5C(=O)[C@@H](NC(=O)OC)C(C)C)[nH]4)C[C@@H]2CC[C@@H]2C=CC(=CC2)CC3)[nH]1)C(C)C. The maximum atomic E-state index is 14.6. The number of rotatable bonds is 10. The molecule has 0 spiro atoms. The molecule has 2 saturated heterocycles. The van der Waals surface area contributed by atoms with Gasteiger partial charge in [0.15, 0.2) is 0 Å². The molecule has 14 nitrogen and oxygen atoms in total. The Hall–Kier alpha value is -5.14. The first kappa shape index (κ1) is 46.0. The van der Waals surface area contributed by atoms with E-state index in [1.165, 1.54) is 36.5 Å². The van der Waals surface area contributed by atoms with Gasteiger partial charge in [0.1, 0.15) is 23.7 Å². The third-order valence-electron chi connectivity index (χ3n) is 16.4. The van der Waals surface area contributed by atoms with E-state index in [9.17, 15) is 19.2 Å². The average Bonchev–Trinajstić information content (AvgIpc) is 4.15. The number of hydrogen-bond donors (Lipinski definition) is 4. The van der Waals surface area contributed by atoms with Crippen molar-refractivity contribution in [3.63, 3.8) is 0 Å². The highest BCUT2D eigenvalue weighted by Gasteiger charge is 2.50. The van der Waals surface area contributed by atoms with Gasteiger partial charge in [0.25, 0.3) is 0 Å². The molecule has 4 unspecified atom stereocenters. The fourth-order valence-corrected chi connectivity index (χ4v) is 12.8. The molecular weight excluding hydrogens is 833 g/mol. The van der Waals surface area contributed by atoms with E-state index in [4.69, 9.17) is 19.4 Å². The van der Waals surface area contributed by atoms with E-state index in [1.807, 2.05) is 40.1 Å². The number of aromatic nitrogens is 4. The van der Waals surface area contributed by atoms with Gasteiger partial charge >= 0.3 is 12.2 Å². The average molecular weight is 905 g/mol. The first-order chi connectivity index (χ1) is 31.9. The lowest BCUT2D eigenvalue weighted by Gasteiger charge is -2.36. The second kappa shape index (κ2) is 19.6. The quantitative estimate of drug-likeness (QED) is 0.182. The predicted molar refractivity (Wildman–Crippen MR) is 252 cm³/mol. The number of fused-ring (bicyclic) bond motifs is 2. The largest absolute Gasteiger partial charge is 0.453 e. The van der Waals surface area contributed by atoms with Gasteiger partial charge in [0.05, 0.1) is 50.1 Å². The minimum atomic E-state index is -0.700. The maximum absolute atomic E-state index is 14.6. The molecule has 12 rings (SSSR count). The van der Waals surface area contributed by atoms with Gasteiger partial charge in [0.2, 0.25) is 11.8 Å². The zero-order valence-electron chi connectivity index (χ0n) is 39.9. The molecule has 2 aromatic rings. The molecule has 0 aromatic carbocycles. The number of nitrogens with zero attached hydrogens (tertiary/aromatic N) is 4. The van der Waals surface area contributed by atoms with Crippen LogP contribution < -0.4 is 10.6 Å². The number of H-pyrrole nitrogens is 2. The molecule has 356 valence electrons. The van der Waals surface area contributed by atoms with Gasteiger partial charge < -0.3 is 39.9 Å². The van der Waals surface area contributed by atoms with E-state index < -0.39 is 24.3 Å². The highest BCUT2D eigenvalue weighted by atomic mass is 16.5. The highest BCUT2D eigenvalue weighted by Crippen LogP contribution is 2.50. The molecule has 2 saturated carbocycles. The van der Waals surface area contributed by atoms with Crippen LogP contribution in [0.25, 0.3) is 11.1 Å². The number of amides is 4. The Morgan fingerprint density at radius 3 is 1.79 bits per heavy atom. The van der Waals surface area contributed by atoms with Crippen LogP contribution in [-0.4, -0.2) is 92.1 Å². The molecule has 4 heterocycles. The van der Waals surface area contributed by atoms with E-state index in [-0.39, 0.29) is 53.7 Å². The number of methoxy groups -OCH3 is 2. The Balaban J connectivity index is 1.06. The van der Waals surface area contributed by atoms with Crippen molar-refractivity contribution in [1.29, 1.82) is 0 Å². The highest BCUT2D eigenvalue weighted by molar-refractivity contribution is 5.88. The first-order valence-corrected chi connectivity index (χ1v) is 25.2. The van der Waals surface area contributed by atoms with E-state index in [0.717, 1.165) is 126 Å². The molecule has 0 radical (unpaired) electrons. The van der Waals surface area contributed by atoms with E-state index in [1.54, 1.807) is 0 Å². The Kier molecular flexibility index (Phi) is 13.7. The van der Waals surface area contributed by atoms with Gasteiger partial charge in [-0.25, -0.2) is 19.6 Å². The van der Waals surface area contributed by atoms with Crippen molar-refractivity contribution >= 4 is 35.1 Å². The Morgan fingerprint density at radius 1 is 0.712 bits per heavy atom. The maximum Gasteiger partial charge on any atom is 0.407 e. The summed E-state index contributed by atoms with van der Waals surface area (Å²) in [7, 11) is 2.67. The zero-order chi connectivity index (χ0) is 46.2. The van der Waals surface area contributed by atoms with Crippen LogP contribution >= 0.6 is 0 Å². The Morgan fingerprint density at radius 2 is 1.26 bits per heavy atom. The van der Waals surface area contributed by atoms with Crippen LogP contribution in [0.4, 0.5) is 9.59 Å². The fourth-order valence-electron chi connectivity index (χ4n) is 12.8. The van der Waals surface area contributed by atoms with Crippen molar-refractivity contribution in [2.75, 3.05) is 14.2 Å². The number of carbonyl (C=O) groups excluding carboxylic acids is 4. The standard InChI is InChI=1S/C52H72N8O6/c1-29(2)45(57-51(63)65-5)49(61)59-41-13-9-7-11-35(41)25-43(59)47-53-27-39(55-47)37-23-34-22-20-32-17-15-31(16-18-32)19-21-33(37)24-38(34)40-28-54-48(56-40)44-26-36-12-8-10-14-42(36)60(44)50(62)46(30(3)4)58-52(64)66-6/h15-17,24,27-30,32,34-36,41-46H,7-14,18-23,25-26H2,1-6H3,(H,53,55)(H,54,56)(H,57,63)(H,58,64)/t32-,34+,35?,36?,41?,42?,43+,44+,45+,46+/m1/s1. The second-order valence-electron chi connectivity index (χ2n) is 21.0. The van der Waals surface area contributed by atoms with Gasteiger partial charge in [-0.15, -0.1) is 0 Å². The van der Waals surface area contributed by atoms with Crippen molar-refractivity contribution in [2.24, 2.45) is 35.5 Å². The minimum Gasteiger partial charge on any atom is -0.453 e. The molecule has 10 atom stereocenters. The van der Waals surface area contributed by atoms with Gasteiger partial charge in [-0.3, -0.25) is 9.59 Å². The summed E-state index contributed by atoms with van der Waals surface area (Å²) < 4.78 is 9.90. The first-order valence-electron chi connectivity index (χ1n) is 25.2. The van der Waals surface area contributed by atoms with Crippen LogP contribution in [-0.2, 0) is 19.1 Å². The number of ether oxygens (including phenoxy) is 2. The molecule has 2 aromatic heterocycles. The molecule has 14 heteroatoms. The van der Waals surface area contributed by atoms with Crippen LogP contribution in [0.15, 0.2) is 47.8 Å². The molecule has 4 amide bonds. The van der Waals surface area contributed by atoms with Crippen LogP contribution in [0.5, 0.6) is 0 Å². The van der Waals surface area contributed by atoms with Crippen LogP contribution in [0.2, 0.25) is 0 Å². The van der Waals surface area contributed by atoms with E-state index >= 15 is 0 Å². The number of allylic oxidation sites excluding steroid dienone is 8. The monoisotopic (exact) mass is 905 g/mol. The summed E-state index contributed by atoms with van der Waals surface area (Å²) >= 11 is 0. The summed E-state index contributed by atoms with van der Waals surface area (Å²) in [6.45, 7) is 7.87. The topological polar surface area (TPSA) is 175 Å². The molecule has 4 fully saturated rings. The van der Waals surface area contributed by atoms with Crippen LogP contribution in [0.1, 0.15) is 166 Å². The van der Waals surface area contributed by atoms with Crippen molar-refractivity contribution in [2.45, 2.75) is 167 Å². The third kappa shape index (κ3) is 9.14. The van der Waals surface area contributed by atoms with Crippen molar-refractivity contribution in [3.05, 3.63) is 70.9 Å². The number of nitrogens with one attached hydrogen (secondary N) is 4. The van der Waals surface area contributed by atoms with E-state index in [2.05, 4.69) is 54.7 Å². The molecule has 10 aliphatic rings. The van der Waals surface area contributed by atoms with Crippen molar-refractivity contribution < 1.29 is 28.7 Å². The molecule has 4 N–H and O–H groups in total. The Labute approximate surface area is 390 Å². The van der Waals surface area contributed by atoms with Gasteiger partial charge in [0, 0.05) is 12.1 Å². The van der Waals surface area contributed by atoms with Crippen LogP contribution in [0, 0.1) is 35.5 Å². The van der Waals surface area contributed by atoms with Gasteiger partial charge in [-0.05, 0) is 129 Å². The number of hydrogen-bond acceptors (Lipinski definition) is 8. The number of aromatic amines is 2. The lowest BCUT2D eigenvalue weighted by atomic mass is 9.75. The summed E-state index contributed by atoms with van der Waals surface area (Å²) in [6.07, 6.45) is 28.4. The summed E-state index contributed by atoms with van der Waals surface area (Å²) in [5.41, 5.74) is 7.21. The fraction of sp³-hybridized carbons (Fsp3) is 0.654. The summed E-state index contributed by atoms with van der Waals surface area (Å²) in [4.78, 5) is 76.1. The minimum absolute atomic E-state index is 0.0652. The third-order valence-corrected chi connectivity index (χ3v) is 16.4. The summed E-state index contributed by atoms with van der Waals surface area (Å²) in [6, 6.07) is -1.61. The Bertz CT molecular complexity index is 2270. The molecule has 66 heavy (non-hydrogen) atoms. The summed E-state index contributed by atoms with van der Waals surface area (Å²) in [5.74, 6) is 2.74. The number of alkyl carbamates (subject to hydrolysis) is 2. The zero-order valence-corrected chi connectivity index (χ0v) is 39.9. The number of imidazole rings is 2. The smallest absolute Gasteiger partial charge is 0.407 e. The second-order valence-corrected chi connectivity index (χ2v) is 21.0. The normalized spacial score (nSPS) is 29.4. The predicted octanol–water partition coefficient (Wildman–Crippen LogP) is 9.49. The van der Waals surface area contributed by atoms with E-state index in [0.29, 0.717) is 17.8 Å².